The van der Waals surface area contributed by atoms with E-state index in [1.54, 1.807) is 11.8 Å². The Kier molecular flexibility index (Phi) is 3.90. The minimum Gasteiger partial charge on any atom is -0.223 e. The van der Waals surface area contributed by atoms with Crippen molar-refractivity contribution in [2.75, 3.05) is 0 Å². The van der Waals surface area contributed by atoms with E-state index in [9.17, 15) is 0 Å². The molecule has 0 fully saturated rings. The molecule has 0 spiro atoms. The van der Waals surface area contributed by atoms with Crippen molar-refractivity contribution in [1.29, 1.82) is 0 Å². The van der Waals surface area contributed by atoms with E-state index in [1.165, 1.54) is 17.3 Å². The number of hydrogen-bond acceptors (Lipinski definition) is 6. The smallest absolute Gasteiger partial charge is 0.223 e. The highest BCUT2D eigenvalue weighted by molar-refractivity contribution is 7.99. The van der Waals surface area contributed by atoms with Crippen LogP contribution in [-0.4, -0.2) is 35.0 Å². The van der Waals surface area contributed by atoms with Gasteiger partial charge in [0.2, 0.25) is 5.28 Å². The summed E-state index contributed by atoms with van der Waals surface area (Å²) >= 11 is 7.42. The topological polar surface area (TPSA) is 69.4 Å². The average molecular weight is 271 g/mol. The summed E-state index contributed by atoms with van der Waals surface area (Å²) in [7, 11) is 0. The van der Waals surface area contributed by atoms with Crippen LogP contribution in [0, 0.1) is 0 Å². The van der Waals surface area contributed by atoms with Crippen LogP contribution in [0.5, 0.6) is 0 Å². The molecule has 0 aromatic carbocycles. The third-order valence-electron chi connectivity index (χ3n) is 2.08. The van der Waals surface area contributed by atoms with E-state index < -0.39 is 0 Å². The van der Waals surface area contributed by atoms with Gasteiger partial charge in [-0.2, -0.15) is 24.7 Å². The third-order valence-corrected chi connectivity index (χ3v) is 3.38. The largest absolute Gasteiger partial charge is 0.257 e. The molecule has 2 heterocycles. The van der Waals surface area contributed by atoms with Gasteiger partial charge in [-0.25, -0.2) is 4.98 Å². The molecule has 6 nitrogen and oxygen atoms in total. The quantitative estimate of drug-likeness (QED) is 0.792. The predicted molar refractivity (Wildman–Crippen MR) is 65.4 cm³/mol. The van der Waals surface area contributed by atoms with E-state index in [0.717, 1.165) is 6.42 Å². The molecule has 2 aromatic heterocycles. The van der Waals surface area contributed by atoms with Gasteiger partial charge in [-0.3, -0.25) is 0 Å². The average Bonchev–Trinajstić information content (AvgIpc) is 2.81. The first kappa shape index (κ1) is 12.3. The van der Waals surface area contributed by atoms with Gasteiger partial charge in [0.1, 0.15) is 12.7 Å². The van der Waals surface area contributed by atoms with Crippen LogP contribution in [0.1, 0.15) is 20.3 Å². The van der Waals surface area contributed by atoms with Gasteiger partial charge in [-0.1, -0.05) is 25.6 Å². The number of rotatable bonds is 4. The summed E-state index contributed by atoms with van der Waals surface area (Å²) in [5.74, 6) is 0.383. The molecule has 2 aromatic rings. The van der Waals surface area contributed by atoms with E-state index in [2.05, 4.69) is 38.9 Å². The minimum absolute atomic E-state index is 0.163. The lowest BCUT2D eigenvalue weighted by atomic mass is 10.4. The lowest BCUT2D eigenvalue weighted by molar-refractivity contribution is 0.754. The van der Waals surface area contributed by atoms with Crippen molar-refractivity contribution in [3.05, 3.63) is 17.9 Å². The molecule has 0 aliphatic rings. The van der Waals surface area contributed by atoms with Crippen molar-refractivity contribution >= 4 is 23.4 Å². The Morgan fingerprint density at radius 2 is 2.24 bits per heavy atom. The Balaban J connectivity index is 2.30. The Bertz CT molecular complexity index is 488. The Hall–Kier alpha value is -1.21. The number of aromatic nitrogens is 6. The zero-order chi connectivity index (χ0) is 12.3. The van der Waals surface area contributed by atoms with Crippen LogP contribution < -0.4 is 0 Å². The van der Waals surface area contributed by atoms with Crippen LogP contribution >= 0.6 is 23.4 Å². The van der Waals surface area contributed by atoms with Gasteiger partial charge in [0.05, 0.1) is 0 Å². The molecule has 8 heteroatoms. The van der Waals surface area contributed by atoms with Crippen LogP contribution in [0.15, 0.2) is 17.8 Å². The molecule has 0 radical (unpaired) electrons. The van der Waals surface area contributed by atoms with Crippen molar-refractivity contribution in [3.63, 3.8) is 0 Å². The Labute approximate surface area is 108 Å². The number of hydrogen-bond donors (Lipinski definition) is 0. The second-order valence-electron chi connectivity index (χ2n) is 3.36. The summed E-state index contributed by atoms with van der Waals surface area (Å²) in [4.78, 5) is 16.2. The van der Waals surface area contributed by atoms with E-state index in [1.807, 2.05) is 0 Å². The summed E-state index contributed by atoms with van der Waals surface area (Å²) in [5, 5.41) is 5.15. The second-order valence-corrected chi connectivity index (χ2v) is 5.11. The highest BCUT2D eigenvalue weighted by Gasteiger charge is 2.10. The highest BCUT2D eigenvalue weighted by Crippen LogP contribution is 2.22. The molecule has 90 valence electrons. The first-order valence-electron chi connectivity index (χ1n) is 5.12. The van der Waals surface area contributed by atoms with Crippen molar-refractivity contribution < 1.29 is 0 Å². The van der Waals surface area contributed by atoms with Gasteiger partial charge < -0.3 is 0 Å². The lowest BCUT2D eigenvalue weighted by Crippen LogP contribution is -2.06. The lowest BCUT2D eigenvalue weighted by Gasteiger charge is -2.07. The zero-order valence-electron chi connectivity index (χ0n) is 9.41. The van der Waals surface area contributed by atoms with E-state index in [0.29, 0.717) is 16.4 Å². The predicted octanol–water partition coefficient (Wildman–Crippen LogP) is 2.00. The molecule has 1 unspecified atom stereocenters. The highest BCUT2D eigenvalue weighted by atomic mass is 35.5. The van der Waals surface area contributed by atoms with Crippen LogP contribution in [0.4, 0.5) is 0 Å². The molecule has 0 N–H and O–H groups in total. The SMILES string of the molecule is CCC(C)Sc1nc(Cl)nc(-n2cncn2)n1. The molecule has 0 aliphatic carbocycles. The minimum atomic E-state index is 0.163. The number of thioether (sulfide) groups is 1. The van der Waals surface area contributed by atoms with Crippen molar-refractivity contribution in [2.24, 2.45) is 0 Å². The normalized spacial score (nSPS) is 12.6. The van der Waals surface area contributed by atoms with Crippen molar-refractivity contribution in [1.82, 2.24) is 29.7 Å². The second kappa shape index (κ2) is 5.42. The van der Waals surface area contributed by atoms with Gasteiger partial charge in [0.15, 0.2) is 5.16 Å². The Morgan fingerprint density at radius 1 is 1.41 bits per heavy atom. The van der Waals surface area contributed by atoms with Gasteiger partial charge >= 0.3 is 0 Å². The number of halogens is 1. The van der Waals surface area contributed by atoms with Gasteiger partial charge in [-0.15, -0.1) is 0 Å². The fraction of sp³-hybridized carbons (Fsp3) is 0.444. The summed E-state index contributed by atoms with van der Waals surface area (Å²) in [5.41, 5.74) is 0. The summed E-state index contributed by atoms with van der Waals surface area (Å²) in [6, 6.07) is 0. The molecular formula is C9H11ClN6S. The molecule has 0 aliphatic heterocycles. The van der Waals surface area contributed by atoms with Crippen LogP contribution in [0.2, 0.25) is 5.28 Å². The molecule has 2 rings (SSSR count). The molecule has 0 saturated heterocycles. The standard InChI is InChI=1S/C9H11ClN6S/c1-3-6(2)17-9-14-7(10)13-8(15-9)16-5-11-4-12-16/h4-6H,3H2,1-2H3. The maximum atomic E-state index is 5.86. The van der Waals surface area contributed by atoms with Crippen LogP contribution in [0.3, 0.4) is 0 Å². The van der Waals surface area contributed by atoms with Gasteiger partial charge in [0, 0.05) is 5.25 Å². The van der Waals surface area contributed by atoms with Gasteiger partial charge in [-0.05, 0) is 18.0 Å². The fourth-order valence-electron chi connectivity index (χ4n) is 1.05. The monoisotopic (exact) mass is 270 g/mol. The summed E-state index contributed by atoms with van der Waals surface area (Å²) < 4.78 is 1.45. The molecule has 0 bridgehead atoms. The Morgan fingerprint density at radius 3 is 2.88 bits per heavy atom. The maximum Gasteiger partial charge on any atom is 0.257 e. The van der Waals surface area contributed by atoms with Crippen molar-refractivity contribution in [3.8, 4) is 5.95 Å². The molecular weight excluding hydrogens is 260 g/mol. The molecule has 0 amide bonds. The van der Waals surface area contributed by atoms with Gasteiger partial charge in [0.25, 0.3) is 5.95 Å². The fourth-order valence-corrected chi connectivity index (χ4v) is 2.06. The summed E-state index contributed by atoms with van der Waals surface area (Å²) in [6.45, 7) is 4.22. The van der Waals surface area contributed by atoms with E-state index >= 15 is 0 Å². The molecule has 1 atom stereocenters. The zero-order valence-corrected chi connectivity index (χ0v) is 11.0. The first-order valence-corrected chi connectivity index (χ1v) is 6.38. The third kappa shape index (κ3) is 3.13. The molecule has 0 saturated carbocycles. The van der Waals surface area contributed by atoms with Crippen LogP contribution in [0.25, 0.3) is 5.95 Å². The number of nitrogens with zero attached hydrogens (tertiary/aromatic N) is 6. The van der Waals surface area contributed by atoms with E-state index in [-0.39, 0.29) is 5.28 Å². The van der Waals surface area contributed by atoms with Crippen molar-refractivity contribution in [2.45, 2.75) is 30.7 Å². The maximum absolute atomic E-state index is 5.86. The summed E-state index contributed by atoms with van der Waals surface area (Å²) in [6.07, 6.45) is 3.97. The van der Waals surface area contributed by atoms with Crippen LogP contribution in [-0.2, 0) is 0 Å². The van der Waals surface area contributed by atoms with E-state index in [4.69, 9.17) is 11.6 Å². The first-order chi connectivity index (χ1) is 8.19. The molecule has 17 heavy (non-hydrogen) atoms.